The summed E-state index contributed by atoms with van der Waals surface area (Å²) in [6, 6.07) is 6.31. The Hall–Kier alpha value is -1.42. The summed E-state index contributed by atoms with van der Waals surface area (Å²) in [4.78, 5) is 11.3. The summed E-state index contributed by atoms with van der Waals surface area (Å²) < 4.78 is 13.1. The van der Waals surface area contributed by atoms with Crippen LogP contribution < -0.4 is 10.6 Å². The first-order chi connectivity index (χ1) is 7.24. The number of carbonyl (C=O) groups excluding carboxylic acids is 1. The van der Waals surface area contributed by atoms with E-state index in [0.29, 0.717) is 18.7 Å². The van der Waals surface area contributed by atoms with Crippen LogP contribution in [0.25, 0.3) is 0 Å². The summed E-state index contributed by atoms with van der Waals surface area (Å²) in [5.41, 5.74) is 0.430. The van der Waals surface area contributed by atoms with Gasteiger partial charge in [-0.05, 0) is 18.7 Å². The fourth-order valence-corrected chi connectivity index (χ4v) is 1.20. The highest BCUT2D eigenvalue weighted by molar-refractivity contribution is 5.78. The number of hydrogen-bond acceptors (Lipinski definition) is 2. The highest BCUT2D eigenvalue weighted by atomic mass is 19.1. The zero-order valence-corrected chi connectivity index (χ0v) is 8.72. The molecule has 82 valence electrons. The highest BCUT2D eigenvalue weighted by Crippen LogP contribution is 2.06. The van der Waals surface area contributed by atoms with E-state index in [-0.39, 0.29) is 18.1 Å². The molecule has 1 amide bonds. The van der Waals surface area contributed by atoms with Gasteiger partial charge in [-0.3, -0.25) is 4.79 Å². The highest BCUT2D eigenvalue weighted by Gasteiger charge is 2.06. The van der Waals surface area contributed by atoms with Gasteiger partial charge in [0.25, 0.3) is 0 Å². The number of benzene rings is 1. The molecule has 0 radical (unpaired) electrons. The summed E-state index contributed by atoms with van der Waals surface area (Å²) in [7, 11) is 1.81. The lowest BCUT2D eigenvalue weighted by Crippen LogP contribution is -2.31. The molecule has 0 bridgehead atoms. The molecule has 0 heterocycles. The van der Waals surface area contributed by atoms with Gasteiger partial charge in [-0.15, -0.1) is 0 Å². The van der Waals surface area contributed by atoms with Gasteiger partial charge in [0.05, 0.1) is 6.42 Å². The van der Waals surface area contributed by atoms with Gasteiger partial charge in [0.15, 0.2) is 0 Å². The van der Waals surface area contributed by atoms with Crippen molar-refractivity contribution in [2.45, 2.75) is 6.42 Å². The van der Waals surface area contributed by atoms with Gasteiger partial charge in [0, 0.05) is 13.1 Å². The van der Waals surface area contributed by atoms with E-state index < -0.39 is 0 Å². The number of carbonyl (C=O) groups is 1. The van der Waals surface area contributed by atoms with E-state index in [1.54, 1.807) is 18.2 Å². The van der Waals surface area contributed by atoms with Crippen LogP contribution in [0.15, 0.2) is 24.3 Å². The molecule has 0 unspecified atom stereocenters. The van der Waals surface area contributed by atoms with E-state index in [2.05, 4.69) is 10.6 Å². The molecular formula is C11H15FN2O. The molecule has 0 aliphatic rings. The van der Waals surface area contributed by atoms with Gasteiger partial charge < -0.3 is 10.6 Å². The Morgan fingerprint density at radius 3 is 2.73 bits per heavy atom. The zero-order chi connectivity index (χ0) is 11.1. The maximum absolute atomic E-state index is 13.1. The van der Waals surface area contributed by atoms with E-state index in [1.807, 2.05) is 7.05 Å². The molecule has 0 saturated carbocycles. The number of likely N-dealkylation sites (N-methyl/N-ethyl adjacent to an activating group) is 1. The van der Waals surface area contributed by atoms with Gasteiger partial charge >= 0.3 is 0 Å². The van der Waals surface area contributed by atoms with Crippen LogP contribution in [-0.2, 0) is 11.2 Å². The van der Waals surface area contributed by atoms with Crippen LogP contribution in [-0.4, -0.2) is 26.0 Å². The first-order valence-electron chi connectivity index (χ1n) is 4.88. The largest absolute Gasteiger partial charge is 0.355 e. The molecule has 0 spiro atoms. The van der Waals surface area contributed by atoms with E-state index >= 15 is 0 Å². The second-order valence-electron chi connectivity index (χ2n) is 3.22. The minimum atomic E-state index is -0.332. The normalized spacial score (nSPS) is 10.0. The third-order valence-corrected chi connectivity index (χ3v) is 2.01. The summed E-state index contributed by atoms with van der Waals surface area (Å²) in [5.74, 6) is -0.489. The molecule has 4 heteroatoms. The fraction of sp³-hybridized carbons (Fsp3) is 0.364. The van der Waals surface area contributed by atoms with Crippen molar-refractivity contribution >= 4 is 5.91 Å². The second-order valence-corrected chi connectivity index (χ2v) is 3.22. The number of amides is 1. The number of nitrogens with one attached hydrogen (secondary N) is 2. The summed E-state index contributed by atoms with van der Waals surface area (Å²) >= 11 is 0. The Morgan fingerprint density at radius 1 is 1.33 bits per heavy atom. The zero-order valence-electron chi connectivity index (χ0n) is 8.72. The Kier molecular flexibility index (Phi) is 4.77. The topological polar surface area (TPSA) is 41.1 Å². The third kappa shape index (κ3) is 4.08. The maximum Gasteiger partial charge on any atom is 0.224 e. The van der Waals surface area contributed by atoms with E-state index in [9.17, 15) is 9.18 Å². The molecule has 1 aromatic rings. The third-order valence-electron chi connectivity index (χ3n) is 2.01. The molecular weight excluding hydrogens is 195 g/mol. The van der Waals surface area contributed by atoms with Crippen LogP contribution in [0.1, 0.15) is 5.56 Å². The minimum absolute atomic E-state index is 0.0936. The first kappa shape index (κ1) is 11.7. The molecule has 0 fully saturated rings. The van der Waals surface area contributed by atoms with E-state index in [4.69, 9.17) is 0 Å². The second kappa shape index (κ2) is 6.14. The molecule has 0 aliphatic carbocycles. The Bertz CT molecular complexity index is 328. The maximum atomic E-state index is 13.1. The summed E-state index contributed by atoms with van der Waals surface area (Å²) in [6.07, 6.45) is 0.0936. The molecule has 1 aromatic carbocycles. The van der Waals surface area contributed by atoms with Gasteiger partial charge in [0.2, 0.25) is 5.91 Å². The SMILES string of the molecule is CNCCNC(=O)Cc1ccccc1F. The predicted molar refractivity (Wildman–Crippen MR) is 57.0 cm³/mol. The number of halogens is 1. The number of hydrogen-bond donors (Lipinski definition) is 2. The quantitative estimate of drug-likeness (QED) is 0.702. The van der Waals surface area contributed by atoms with Crippen molar-refractivity contribution in [1.82, 2.24) is 10.6 Å². The van der Waals surface area contributed by atoms with Crippen LogP contribution >= 0.6 is 0 Å². The monoisotopic (exact) mass is 210 g/mol. The van der Waals surface area contributed by atoms with Crippen molar-refractivity contribution < 1.29 is 9.18 Å². The molecule has 0 saturated heterocycles. The lowest BCUT2D eigenvalue weighted by Gasteiger charge is -2.05. The van der Waals surface area contributed by atoms with Crippen molar-refractivity contribution in [1.29, 1.82) is 0 Å². The Labute approximate surface area is 88.7 Å². The number of rotatable bonds is 5. The molecule has 0 aliphatic heterocycles. The van der Waals surface area contributed by atoms with E-state index in [0.717, 1.165) is 0 Å². The molecule has 1 rings (SSSR count). The molecule has 15 heavy (non-hydrogen) atoms. The Morgan fingerprint density at radius 2 is 2.07 bits per heavy atom. The standard InChI is InChI=1S/C11H15FN2O/c1-13-6-7-14-11(15)8-9-4-2-3-5-10(9)12/h2-5,13H,6-8H2,1H3,(H,14,15). The van der Waals surface area contributed by atoms with Crippen LogP contribution in [0.4, 0.5) is 4.39 Å². The van der Waals surface area contributed by atoms with Crippen molar-refractivity contribution in [2.24, 2.45) is 0 Å². The smallest absolute Gasteiger partial charge is 0.224 e. The van der Waals surface area contributed by atoms with Gasteiger partial charge in [0.1, 0.15) is 5.82 Å². The lowest BCUT2D eigenvalue weighted by atomic mass is 10.1. The average Bonchev–Trinajstić information content (AvgIpc) is 2.22. The van der Waals surface area contributed by atoms with Crippen molar-refractivity contribution in [2.75, 3.05) is 20.1 Å². The van der Waals surface area contributed by atoms with Gasteiger partial charge in [-0.1, -0.05) is 18.2 Å². The van der Waals surface area contributed by atoms with Crippen LogP contribution in [0, 0.1) is 5.82 Å². The fourth-order valence-electron chi connectivity index (χ4n) is 1.20. The van der Waals surface area contributed by atoms with Gasteiger partial charge in [-0.25, -0.2) is 4.39 Å². The Balaban J connectivity index is 2.41. The summed E-state index contributed by atoms with van der Waals surface area (Å²) in [6.45, 7) is 1.27. The lowest BCUT2D eigenvalue weighted by molar-refractivity contribution is -0.120. The van der Waals surface area contributed by atoms with Crippen LogP contribution in [0.3, 0.4) is 0 Å². The molecule has 3 nitrogen and oxygen atoms in total. The van der Waals surface area contributed by atoms with Crippen molar-refractivity contribution in [3.05, 3.63) is 35.6 Å². The molecule has 2 N–H and O–H groups in total. The first-order valence-corrected chi connectivity index (χ1v) is 4.88. The van der Waals surface area contributed by atoms with Gasteiger partial charge in [-0.2, -0.15) is 0 Å². The minimum Gasteiger partial charge on any atom is -0.355 e. The predicted octanol–water partition coefficient (Wildman–Crippen LogP) is 0.704. The summed E-state index contributed by atoms with van der Waals surface area (Å²) in [5, 5.41) is 5.60. The van der Waals surface area contributed by atoms with Crippen molar-refractivity contribution in [3.8, 4) is 0 Å². The van der Waals surface area contributed by atoms with Crippen LogP contribution in [0.2, 0.25) is 0 Å². The molecule has 0 atom stereocenters. The van der Waals surface area contributed by atoms with E-state index in [1.165, 1.54) is 6.07 Å². The van der Waals surface area contributed by atoms with Crippen LogP contribution in [0.5, 0.6) is 0 Å². The van der Waals surface area contributed by atoms with Crippen molar-refractivity contribution in [3.63, 3.8) is 0 Å². The molecule has 0 aromatic heterocycles. The average molecular weight is 210 g/mol.